The minimum Gasteiger partial charge on any atom is -0.493 e. The second-order valence-electron chi connectivity index (χ2n) is 4.71. The molecule has 2 rings (SSSR count). The fraction of sp³-hybridized carbons (Fsp3) is 0.235. The monoisotopic (exact) mass is 414 g/mol. The first-order valence-corrected chi connectivity index (χ1v) is 8.09. The molecule has 0 N–H and O–H groups in total. The topological polar surface area (TPSA) is 54.0 Å². The molecule has 0 amide bonds. The van der Waals surface area contributed by atoms with Crippen molar-refractivity contribution in [1.29, 1.82) is 0 Å². The highest BCUT2D eigenvalue weighted by Gasteiger charge is 2.23. The summed E-state index contributed by atoms with van der Waals surface area (Å²) in [5, 5.41) is 0.623. The van der Waals surface area contributed by atoms with Crippen LogP contribution in [-0.4, -0.2) is 27.3 Å². The molecule has 0 aliphatic heterocycles. The Morgan fingerprint density at radius 1 is 1.04 bits per heavy atom. The van der Waals surface area contributed by atoms with E-state index in [9.17, 15) is 4.79 Å². The Labute approximate surface area is 153 Å². The molecule has 0 aliphatic carbocycles. The van der Waals surface area contributed by atoms with Crippen molar-refractivity contribution in [3.63, 3.8) is 0 Å². The lowest BCUT2D eigenvalue weighted by Crippen LogP contribution is -2.08. The SMILES string of the molecule is COc1cc(C(=O)OCc2ccc(Cl)cc2)c(Br)c(OC)c1OC. The van der Waals surface area contributed by atoms with Gasteiger partial charge in [0.25, 0.3) is 0 Å². The van der Waals surface area contributed by atoms with Gasteiger partial charge in [0.2, 0.25) is 5.75 Å². The zero-order valence-corrected chi connectivity index (χ0v) is 15.7. The Morgan fingerprint density at radius 2 is 1.67 bits per heavy atom. The van der Waals surface area contributed by atoms with Crippen LogP contribution in [0.25, 0.3) is 0 Å². The van der Waals surface area contributed by atoms with E-state index >= 15 is 0 Å². The molecule has 0 saturated carbocycles. The van der Waals surface area contributed by atoms with Crippen molar-refractivity contribution in [2.75, 3.05) is 21.3 Å². The van der Waals surface area contributed by atoms with Crippen molar-refractivity contribution in [3.8, 4) is 17.2 Å². The van der Waals surface area contributed by atoms with Gasteiger partial charge in [0.1, 0.15) is 6.61 Å². The standard InChI is InChI=1S/C17H16BrClO5/c1-21-13-8-12(14(18)16(23-3)15(13)22-2)17(20)24-9-10-4-6-11(19)7-5-10/h4-8H,9H2,1-3H3. The first-order valence-electron chi connectivity index (χ1n) is 6.91. The van der Waals surface area contributed by atoms with Crippen molar-refractivity contribution in [2.24, 2.45) is 0 Å². The lowest BCUT2D eigenvalue weighted by atomic mass is 10.1. The number of carbonyl (C=O) groups excluding carboxylic acids is 1. The van der Waals surface area contributed by atoms with Gasteiger partial charge in [0.05, 0.1) is 31.4 Å². The van der Waals surface area contributed by atoms with Gasteiger partial charge in [-0.25, -0.2) is 4.79 Å². The van der Waals surface area contributed by atoms with Gasteiger partial charge in [-0.1, -0.05) is 23.7 Å². The predicted molar refractivity (Wildman–Crippen MR) is 94.4 cm³/mol. The van der Waals surface area contributed by atoms with Gasteiger partial charge in [0, 0.05) is 5.02 Å². The lowest BCUT2D eigenvalue weighted by Gasteiger charge is -2.16. The molecule has 7 heteroatoms. The zero-order chi connectivity index (χ0) is 17.7. The summed E-state index contributed by atoms with van der Waals surface area (Å²) < 4.78 is 21.6. The first-order chi connectivity index (χ1) is 11.5. The number of methoxy groups -OCH3 is 3. The molecule has 24 heavy (non-hydrogen) atoms. The second-order valence-corrected chi connectivity index (χ2v) is 5.94. The van der Waals surface area contributed by atoms with Crippen LogP contribution in [-0.2, 0) is 11.3 Å². The molecule has 0 fully saturated rings. The lowest BCUT2D eigenvalue weighted by molar-refractivity contribution is 0.0470. The third-order valence-corrected chi connectivity index (χ3v) is 4.31. The molecule has 0 aliphatic rings. The van der Waals surface area contributed by atoms with Crippen LogP contribution in [0, 0.1) is 0 Å². The molecule has 0 heterocycles. The number of rotatable bonds is 6. The van der Waals surface area contributed by atoms with Crippen molar-refractivity contribution >= 4 is 33.5 Å². The van der Waals surface area contributed by atoms with E-state index in [-0.39, 0.29) is 12.2 Å². The number of benzene rings is 2. The van der Waals surface area contributed by atoms with Gasteiger partial charge in [-0.3, -0.25) is 0 Å². The number of hydrogen-bond donors (Lipinski definition) is 0. The quantitative estimate of drug-likeness (QED) is 0.651. The van der Waals surface area contributed by atoms with Gasteiger partial charge in [-0.15, -0.1) is 0 Å². The fourth-order valence-corrected chi connectivity index (χ4v) is 2.82. The molecule has 5 nitrogen and oxygen atoms in total. The van der Waals surface area contributed by atoms with E-state index in [2.05, 4.69) is 15.9 Å². The highest BCUT2D eigenvalue weighted by molar-refractivity contribution is 9.10. The minimum absolute atomic E-state index is 0.124. The number of ether oxygens (including phenoxy) is 4. The Balaban J connectivity index is 2.26. The number of halogens is 2. The first kappa shape index (κ1) is 18.4. The Bertz CT molecular complexity index is 731. The summed E-state index contributed by atoms with van der Waals surface area (Å²) in [5.41, 5.74) is 1.11. The molecule has 0 aromatic heterocycles. The molecular weight excluding hydrogens is 400 g/mol. The number of hydrogen-bond acceptors (Lipinski definition) is 5. The second kappa shape index (κ2) is 8.26. The van der Waals surface area contributed by atoms with E-state index in [0.29, 0.717) is 26.7 Å². The molecule has 0 saturated heterocycles. The third-order valence-electron chi connectivity index (χ3n) is 3.27. The Hall–Kier alpha value is -1.92. The predicted octanol–water partition coefficient (Wildman–Crippen LogP) is 4.49. The number of esters is 1. The molecule has 128 valence electrons. The average molecular weight is 416 g/mol. The largest absolute Gasteiger partial charge is 0.493 e. The molecule has 0 spiro atoms. The van der Waals surface area contributed by atoms with Crippen LogP contribution in [0.1, 0.15) is 15.9 Å². The van der Waals surface area contributed by atoms with Crippen LogP contribution in [0.4, 0.5) is 0 Å². The van der Waals surface area contributed by atoms with Crippen LogP contribution in [0.5, 0.6) is 17.2 Å². The summed E-state index contributed by atoms with van der Waals surface area (Å²) in [6.45, 7) is 0.124. The molecule has 0 bridgehead atoms. The van der Waals surface area contributed by atoms with Crippen molar-refractivity contribution < 1.29 is 23.7 Å². The van der Waals surface area contributed by atoms with Crippen LogP contribution >= 0.6 is 27.5 Å². The van der Waals surface area contributed by atoms with Gasteiger partial charge >= 0.3 is 5.97 Å². The van der Waals surface area contributed by atoms with Gasteiger partial charge in [0.15, 0.2) is 11.5 Å². The van der Waals surface area contributed by atoms with Gasteiger partial charge < -0.3 is 18.9 Å². The summed E-state index contributed by atoms with van der Waals surface area (Å²) in [6.07, 6.45) is 0. The van der Waals surface area contributed by atoms with Crippen LogP contribution in [0.15, 0.2) is 34.8 Å². The van der Waals surface area contributed by atoms with Crippen molar-refractivity contribution in [1.82, 2.24) is 0 Å². The van der Waals surface area contributed by atoms with Gasteiger partial charge in [-0.05, 0) is 39.7 Å². The highest BCUT2D eigenvalue weighted by Crippen LogP contribution is 2.44. The smallest absolute Gasteiger partial charge is 0.339 e. The molecular formula is C17H16BrClO5. The molecule has 0 unspecified atom stereocenters. The maximum Gasteiger partial charge on any atom is 0.339 e. The summed E-state index contributed by atoms with van der Waals surface area (Å²) in [4.78, 5) is 12.4. The van der Waals surface area contributed by atoms with Crippen LogP contribution in [0.2, 0.25) is 5.02 Å². The van der Waals surface area contributed by atoms with E-state index in [1.165, 1.54) is 27.4 Å². The minimum atomic E-state index is -0.518. The van der Waals surface area contributed by atoms with E-state index in [1.807, 2.05) is 0 Å². The van der Waals surface area contributed by atoms with Crippen molar-refractivity contribution in [2.45, 2.75) is 6.61 Å². The highest BCUT2D eigenvalue weighted by atomic mass is 79.9. The van der Waals surface area contributed by atoms with Crippen molar-refractivity contribution in [3.05, 3.63) is 51.0 Å². The van der Waals surface area contributed by atoms with E-state index in [0.717, 1.165) is 5.56 Å². The molecule has 2 aromatic rings. The zero-order valence-electron chi connectivity index (χ0n) is 13.4. The summed E-state index contributed by atoms with van der Waals surface area (Å²) in [7, 11) is 4.45. The third kappa shape index (κ3) is 3.94. The maximum atomic E-state index is 12.4. The summed E-state index contributed by atoms with van der Waals surface area (Å²) in [6, 6.07) is 8.59. The van der Waals surface area contributed by atoms with E-state index < -0.39 is 5.97 Å². The number of carbonyl (C=O) groups is 1. The Morgan fingerprint density at radius 3 is 2.21 bits per heavy atom. The van der Waals surface area contributed by atoms with Crippen LogP contribution in [0.3, 0.4) is 0 Å². The van der Waals surface area contributed by atoms with E-state index in [4.69, 9.17) is 30.5 Å². The Kier molecular flexibility index (Phi) is 6.34. The molecule has 0 radical (unpaired) electrons. The fourth-order valence-electron chi connectivity index (χ4n) is 2.08. The summed E-state index contributed by atoms with van der Waals surface area (Å²) in [5.74, 6) is 0.600. The molecule has 2 aromatic carbocycles. The summed E-state index contributed by atoms with van der Waals surface area (Å²) >= 11 is 9.19. The van der Waals surface area contributed by atoms with E-state index in [1.54, 1.807) is 24.3 Å². The van der Waals surface area contributed by atoms with Crippen LogP contribution < -0.4 is 14.2 Å². The maximum absolute atomic E-state index is 12.4. The average Bonchev–Trinajstić information content (AvgIpc) is 2.60. The normalized spacial score (nSPS) is 10.2. The molecule has 0 atom stereocenters. The van der Waals surface area contributed by atoms with Gasteiger partial charge in [-0.2, -0.15) is 0 Å².